The molecular weight excluding hydrogens is 474 g/mol. The van der Waals surface area contributed by atoms with Gasteiger partial charge in [0.15, 0.2) is 5.58 Å². The van der Waals surface area contributed by atoms with E-state index in [9.17, 15) is 13.2 Å². The maximum Gasteiger partial charge on any atom is 0.264 e. The minimum Gasteiger partial charge on any atom is -0.495 e. The van der Waals surface area contributed by atoms with Crippen molar-refractivity contribution in [1.29, 1.82) is 0 Å². The van der Waals surface area contributed by atoms with Gasteiger partial charge >= 0.3 is 0 Å². The molecule has 0 saturated heterocycles. The number of amides is 1. The van der Waals surface area contributed by atoms with Gasteiger partial charge in [-0.25, -0.2) is 13.4 Å². The lowest BCUT2D eigenvalue weighted by Crippen LogP contribution is -2.30. The van der Waals surface area contributed by atoms with Crippen LogP contribution in [0.25, 0.3) is 11.1 Å². The highest BCUT2D eigenvalue weighted by atomic mass is 32.2. The number of thioether (sulfide) groups is 1. The van der Waals surface area contributed by atoms with Crippen LogP contribution in [-0.2, 0) is 14.8 Å². The first-order valence-corrected chi connectivity index (χ1v) is 12.9. The molecule has 0 bridgehead atoms. The van der Waals surface area contributed by atoms with E-state index in [1.807, 2.05) is 24.3 Å². The lowest BCUT2D eigenvalue weighted by Gasteiger charge is -2.23. The quantitative estimate of drug-likeness (QED) is 0.332. The third-order valence-electron chi connectivity index (χ3n) is 4.97. The number of nitrogens with zero attached hydrogens (tertiary/aromatic N) is 2. The molecule has 1 N–H and O–H groups in total. The number of ether oxygens (including phenoxy) is 1. The Labute approximate surface area is 202 Å². The molecule has 10 heteroatoms. The van der Waals surface area contributed by atoms with Crippen molar-refractivity contribution in [2.75, 3.05) is 29.0 Å². The molecule has 8 nitrogen and oxygen atoms in total. The van der Waals surface area contributed by atoms with Gasteiger partial charge in [0.2, 0.25) is 5.91 Å². The first-order chi connectivity index (χ1) is 16.4. The summed E-state index contributed by atoms with van der Waals surface area (Å²) in [5.41, 5.74) is 2.17. The van der Waals surface area contributed by atoms with Gasteiger partial charge in [-0.2, -0.15) is 0 Å². The topological polar surface area (TPSA) is 102 Å². The number of nitrogens with one attached hydrogen (secondary N) is 1. The molecule has 0 aliphatic carbocycles. The highest BCUT2D eigenvalue weighted by Crippen LogP contribution is 2.31. The minimum absolute atomic E-state index is 0.0258. The summed E-state index contributed by atoms with van der Waals surface area (Å²) in [6, 6.07) is 20.6. The van der Waals surface area contributed by atoms with Crippen molar-refractivity contribution in [3.05, 3.63) is 72.8 Å². The molecule has 176 valence electrons. The summed E-state index contributed by atoms with van der Waals surface area (Å²) < 4.78 is 38.9. The number of benzene rings is 3. The van der Waals surface area contributed by atoms with Crippen molar-refractivity contribution in [2.45, 2.75) is 17.0 Å². The van der Waals surface area contributed by atoms with Crippen molar-refractivity contribution >= 4 is 50.2 Å². The van der Waals surface area contributed by atoms with Gasteiger partial charge < -0.3 is 14.5 Å². The highest BCUT2D eigenvalue weighted by Gasteiger charge is 2.25. The number of oxazole rings is 1. The summed E-state index contributed by atoms with van der Waals surface area (Å²) in [4.78, 5) is 17.0. The summed E-state index contributed by atoms with van der Waals surface area (Å²) in [6.07, 6.45) is 0. The second-order valence-corrected chi connectivity index (χ2v) is 9.94. The number of hydrogen-bond donors (Lipinski definition) is 1. The summed E-state index contributed by atoms with van der Waals surface area (Å²) in [7, 11) is -2.41. The standard InChI is InChI=1S/C24H23N3O5S2/c1-3-27(17-9-5-4-6-10-17)34(29,30)18-13-14-21(31-2)20(15-18)25-23(28)16-33-24-26-19-11-7-8-12-22(19)32-24/h4-15H,3,16H2,1-2H3,(H,25,28). The Hall–Kier alpha value is -3.50. The molecule has 3 aromatic carbocycles. The van der Waals surface area contributed by atoms with E-state index in [1.54, 1.807) is 37.3 Å². The van der Waals surface area contributed by atoms with Crippen LogP contribution in [0.15, 0.2) is 87.3 Å². The molecule has 0 fully saturated rings. The van der Waals surface area contributed by atoms with Crippen LogP contribution in [-0.4, -0.2) is 38.7 Å². The van der Waals surface area contributed by atoms with E-state index in [2.05, 4.69) is 10.3 Å². The fraction of sp³-hybridized carbons (Fsp3) is 0.167. The average Bonchev–Trinajstić information content (AvgIpc) is 3.27. The Bertz CT molecular complexity index is 1370. The van der Waals surface area contributed by atoms with Crippen LogP contribution in [0.2, 0.25) is 0 Å². The third kappa shape index (κ3) is 5.02. The van der Waals surface area contributed by atoms with Crippen LogP contribution in [0, 0.1) is 0 Å². The number of sulfonamides is 1. The third-order valence-corrected chi connectivity index (χ3v) is 7.69. The number of hydrogen-bond acceptors (Lipinski definition) is 7. The molecule has 34 heavy (non-hydrogen) atoms. The van der Waals surface area contributed by atoms with Crippen LogP contribution in [0.5, 0.6) is 5.75 Å². The fourth-order valence-electron chi connectivity index (χ4n) is 3.38. The van der Waals surface area contributed by atoms with Crippen LogP contribution in [0.4, 0.5) is 11.4 Å². The summed E-state index contributed by atoms with van der Waals surface area (Å²) in [5, 5.41) is 3.11. The number of para-hydroxylation sites is 3. The van der Waals surface area contributed by atoms with Gasteiger partial charge in [-0.05, 0) is 49.4 Å². The van der Waals surface area contributed by atoms with Gasteiger partial charge in [0, 0.05) is 6.54 Å². The minimum atomic E-state index is -3.86. The Morgan fingerprint density at radius 3 is 2.53 bits per heavy atom. The Morgan fingerprint density at radius 2 is 1.82 bits per heavy atom. The maximum absolute atomic E-state index is 13.3. The number of carbonyl (C=O) groups is 1. The number of anilines is 2. The molecule has 0 atom stereocenters. The molecule has 0 spiro atoms. The highest BCUT2D eigenvalue weighted by molar-refractivity contribution is 7.99. The molecule has 1 heterocycles. The first kappa shape index (κ1) is 23.7. The summed E-state index contributed by atoms with van der Waals surface area (Å²) >= 11 is 1.15. The lowest BCUT2D eigenvalue weighted by atomic mass is 10.3. The maximum atomic E-state index is 13.3. The van der Waals surface area contributed by atoms with Crippen LogP contribution in [0.1, 0.15) is 6.92 Å². The molecule has 0 aliphatic heterocycles. The van der Waals surface area contributed by atoms with Crippen LogP contribution < -0.4 is 14.4 Å². The monoisotopic (exact) mass is 497 g/mol. The molecular formula is C24H23N3O5S2. The largest absolute Gasteiger partial charge is 0.495 e. The molecule has 0 saturated carbocycles. The second kappa shape index (κ2) is 10.2. The van der Waals surface area contributed by atoms with Crippen molar-refractivity contribution in [1.82, 2.24) is 4.98 Å². The van der Waals surface area contributed by atoms with Gasteiger partial charge in [-0.1, -0.05) is 42.1 Å². The number of carbonyl (C=O) groups excluding carboxylic acids is 1. The van der Waals surface area contributed by atoms with Crippen molar-refractivity contribution in [3.8, 4) is 5.75 Å². The predicted molar refractivity (Wildman–Crippen MR) is 133 cm³/mol. The zero-order valence-corrected chi connectivity index (χ0v) is 20.2. The number of fused-ring (bicyclic) bond motifs is 1. The zero-order valence-electron chi connectivity index (χ0n) is 18.6. The van der Waals surface area contributed by atoms with Gasteiger partial charge in [0.05, 0.1) is 29.1 Å². The number of rotatable bonds is 9. The Morgan fingerprint density at radius 1 is 1.09 bits per heavy atom. The van der Waals surface area contributed by atoms with E-state index in [0.29, 0.717) is 27.8 Å². The molecule has 0 radical (unpaired) electrons. The molecule has 1 amide bonds. The van der Waals surface area contributed by atoms with E-state index in [1.165, 1.54) is 29.6 Å². The van der Waals surface area contributed by atoms with Crippen molar-refractivity contribution in [3.63, 3.8) is 0 Å². The second-order valence-electron chi connectivity index (χ2n) is 7.15. The summed E-state index contributed by atoms with van der Waals surface area (Å²) in [6.45, 7) is 2.02. The SMILES string of the molecule is CCN(c1ccccc1)S(=O)(=O)c1ccc(OC)c(NC(=O)CSc2nc3ccccc3o2)c1. The predicted octanol–water partition coefficient (Wildman–Crippen LogP) is 4.78. The van der Waals surface area contributed by atoms with E-state index in [0.717, 1.165) is 11.8 Å². The van der Waals surface area contributed by atoms with Gasteiger partial charge in [-0.3, -0.25) is 9.10 Å². The van der Waals surface area contributed by atoms with Gasteiger partial charge in [0.25, 0.3) is 15.2 Å². The normalized spacial score (nSPS) is 11.4. The first-order valence-electron chi connectivity index (χ1n) is 10.5. The molecule has 0 aliphatic rings. The fourth-order valence-corrected chi connectivity index (χ4v) is 5.52. The Balaban J connectivity index is 1.53. The van der Waals surface area contributed by atoms with Crippen LogP contribution in [0.3, 0.4) is 0 Å². The zero-order chi connectivity index (χ0) is 24.1. The van der Waals surface area contributed by atoms with Crippen LogP contribution >= 0.6 is 11.8 Å². The van der Waals surface area contributed by atoms with Crippen molar-refractivity contribution in [2.24, 2.45) is 0 Å². The molecule has 1 aromatic heterocycles. The van der Waals surface area contributed by atoms with E-state index in [4.69, 9.17) is 9.15 Å². The average molecular weight is 498 g/mol. The van der Waals surface area contributed by atoms with E-state index < -0.39 is 10.0 Å². The smallest absolute Gasteiger partial charge is 0.264 e. The Kier molecular flexibility index (Phi) is 7.09. The van der Waals surface area contributed by atoms with Gasteiger partial charge in [0.1, 0.15) is 11.3 Å². The lowest BCUT2D eigenvalue weighted by molar-refractivity contribution is -0.113. The molecule has 0 unspecified atom stereocenters. The van der Waals surface area contributed by atoms with Crippen molar-refractivity contribution < 1.29 is 22.4 Å². The van der Waals surface area contributed by atoms with E-state index >= 15 is 0 Å². The van der Waals surface area contributed by atoms with E-state index in [-0.39, 0.29) is 28.8 Å². The van der Waals surface area contributed by atoms with Gasteiger partial charge in [-0.15, -0.1) is 0 Å². The molecule has 4 rings (SSSR count). The molecule has 4 aromatic rings. The number of aromatic nitrogens is 1. The number of methoxy groups -OCH3 is 1. The summed E-state index contributed by atoms with van der Waals surface area (Å²) in [5.74, 6) is 0.0235.